The third kappa shape index (κ3) is 3.65. The van der Waals surface area contributed by atoms with Gasteiger partial charge in [0.2, 0.25) is 0 Å². The fourth-order valence-corrected chi connectivity index (χ4v) is 4.10. The molecule has 26 heavy (non-hydrogen) atoms. The summed E-state index contributed by atoms with van der Waals surface area (Å²) in [7, 11) is -3.99. The van der Waals surface area contributed by atoms with Gasteiger partial charge in [0.1, 0.15) is 6.54 Å². The van der Waals surface area contributed by atoms with Crippen LogP contribution in [0, 0.1) is 0 Å². The maximum absolute atomic E-state index is 13.1. The van der Waals surface area contributed by atoms with Gasteiger partial charge in [-0.25, -0.2) is 14.3 Å². The van der Waals surface area contributed by atoms with Crippen molar-refractivity contribution in [2.45, 2.75) is 4.90 Å². The SMILES string of the molecule is NNC(=O)CN(c1ccc2ccccc2c1)S(=O)(=O)c1ccc(Cl)cc1. The van der Waals surface area contributed by atoms with Crippen molar-refractivity contribution >= 4 is 44.0 Å². The highest BCUT2D eigenvalue weighted by Gasteiger charge is 2.27. The maximum Gasteiger partial charge on any atom is 0.264 e. The smallest absolute Gasteiger partial charge is 0.264 e. The lowest BCUT2D eigenvalue weighted by Gasteiger charge is -2.24. The molecule has 0 atom stereocenters. The first-order valence-corrected chi connectivity index (χ1v) is 9.50. The van der Waals surface area contributed by atoms with Crippen LogP contribution < -0.4 is 15.6 Å². The number of nitrogens with one attached hydrogen (secondary N) is 1. The number of carbonyl (C=O) groups excluding carboxylic acids is 1. The van der Waals surface area contributed by atoms with E-state index in [1.807, 2.05) is 29.7 Å². The van der Waals surface area contributed by atoms with E-state index < -0.39 is 22.5 Å². The molecule has 8 heteroatoms. The number of benzene rings is 3. The van der Waals surface area contributed by atoms with Crippen LogP contribution in [0.4, 0.5) is 5.69 Å². The first-order chi connectivity index (χ1) is 12.4. The summed E-state index contributed by atoms with van der Waals surface area (Å²) in [4.78, 5) is 11.9. The van der Waals surface area contributed by atoms with Crippen LogP contribution in [0.5, 0.6) is 0 Å². The average Bonchev–Trinajstić information content (AvgIpc) is 2.65. The molecule has 3 rings (SSSR count). The molecule has 134 valence electrons. The first-order valence-electron chi connectivity index (χ1n) is 7.68. The Morgan fingerprint density at radius 1 is 1.00 bits per heavy atom. The summed E-state index contributed by atoms with van der Waals surface area (Å²) >= 11 is 5.84. The fourth-order valence-electron chi connectivity index (χ4n) is 2.56. The molecule has 0 spiro atoms. The molecule has 0 unspecified atom stereocenters. The third-order valence-corrected chi connectivity index (χ3v) is 5.91. The lowest BCUT2D eigenvalue weighted by Crippen LogP contribution is -2.43. The van der Waals surface area contributed by atoms with Gasteiger partial charge >= 0.3 is 0 Å². The second-order valence-electron chi connectivity index (χ2n) is 5.56. The predicted molar refractivity (Wildman–Crippen MR) is 102 cm³/mol. The third-order valence-electron chi connectivity index (χ3n) is 3.87. The van der Waals surface area contributed by atoms with Crippen molar-refractivity contribution in [3.63, 3.8) is 0 Å². The van der Waals surface area contributed by atoms with Crippen molar-refractivity contribution in [3.8, 4) is 0 Å². The Balaban J connectivity index is 2.11. The van der Waals surface area contributed by atoms with Gasteiger partial charge in [0.25, 0.3) is 15.9 Å². The van der Waals surface area contributed by atoms with Crippen molar-refractivity contribution in [2.75, 3.05) is 10.8 Å². The molecule has 0 radical (unpaired) electrons. The number of sulfonamides is 1. The number of halogens is 1. The Hall–Kier alpha value is -2.61. The number of nitrogens with two attached hydrogens (primary N) is 1. The van der Waals surface area contributed by atoms with Gasteiger partial charge in [0.15, 0.2) is 0 Å². The highest BCUT2D eigenvalue weighted by Crippen LogP contribution is 2.27. The number of hydrogen-bond donors (Lipinski definition) is 2. The highest BCUT2D eigenvalue weighted by atomic mass is 35.5. The van der Waals surface area contributed by atoms with Crippen LogP contribution in [-0.4, -0.2) is 20.9 Å². The van der Waals surface area contributed by atoms with Crippen LogP contribution in [-0.2, 0) is 14.8 Å². The number of amides is 1. The Kier molecular flexibility index (Phi) is 5.13. The zero-order chi connectivity index (χ0) is 18.7. The Bertz CT molecular complexity index is 1050. The molecule has 0 aliphatic rings. The van der Waals surface area contributed by atoms with Crippen LogP contribution in [0.2, 0.25) is 5.02 Å². The van der Waals surface area contributed by atoms with Gasteiger partial charge in [-0.05, 0) is 47.2 Å². The number of carbonyl (C=O) groups is 1. The number of hydrogen-bond acceptors (Lipinski definition) is 4. The molecule has 0 saturated carbocycles. The van der Waals surface area contributed by atoms with E-state index in [4.69, 9.17) is 17.4 Å². The molecule has 0 bridgehead atoms. The summed E-state index contributed by atoms with van der Waals surface area (Å²) in [5, 5.41) is 2.23. The quantitative estimate of drug-likeness (QED) is 0.398. The van der Waals surface area contributed by atoms with Crippen LogP contribution in [0.15, 0.2) is 71.6 Å². The minimum absolute atomic E-state index is 0.0277. The highest BCUT2D eigenvalue weighted by molar-refractivity contribution is 7.92. The summed E-state index contributed by atoms with van der Waals surface area (Å²) in [5.41, 5.74) is 2.33. The normalized spacial score (nSPS) is 11.3. The van der Waals surface area contributed by atoms with Crippen molar-refractivity contribution in [1.82, 2.24) is 5.43 Å². The van der Waals surface area contributed by atoms with Gasteiger partial charge in [-0.3, -0.25) is 14.5 Å². The zero-order valence-electron chi connectivity index (χ0n) is 13.6. The maximum atomic E-state index is 13.1. The number of hydrazine groups is 1. The minimum Gasteiger partial charge on any atom is -0.293 e. The molecule has 3 aromatic rings. The van der Waals surface area contributed by atoms with Gasteiger partial charge in [0.05, 0.1) is 10.6 Å². The molecule has 6 nitrogen and oxygen atoms in total. The van der Waals surface area contributed by atoms with Crippen molar-refractivity contribution in [1.29, 1.82) is 0 Å². The van der Waals surface area contributed by atoms with Crippen LogP contribution in [0.3, 0.4) is 0 Å². The van der Waals surface area contributed by atoms with E-state index in [0.717, 1.165) is 15.1 Å². The average molecular weight is 390 g/mol. The van der Waals surface area contributed by atoms with Gasteiger partial charge in [-0.15, -0.1) is 0 Å². The zero-order valence-corrected chi connectivity index (χ0v) is 15.2. The lowest BCUT2D eigenvalue weighted by atomic mass is 10.1. The standard InChI is InChI=1S/C18H16ClN3O3S/c19-15-6-9-17(10-7-15)26(24,25)22(12-18(23)21-20)16-8-5-13-3-1-2-4-14(13)11-16/h1-11H,12,20H2,(H,21,23). The minimum atomic E-state index is -3.99. The van der Waals surface area contributed by atoms with Crippen LogP contribution in [0.1, 0.15) is 0 Å². The van der Waals surface area contributed by atoms with Crippen molar-refractivity contribution in [2.24, 2.45) is 5.84 Å². The van der Waals surface area contributed by atoms with Crippen LogP contribution >= 0.6 is 11.6 Å². The fraction of sp³-hybridized carbons (Fsp3) is 0.0556. The summed E-state index contributed by atoms with van der Waals surface area (Å²) in [6.45, 7) is -0.445. The Morgan fingerprint density at radius 2 is 1.65 bits per heavy atom. The second kappa shape index (κ2) is 7.33. The van der Waals surface area contributed by atoms with E-state index >= 15 is 0 Å². The number of anilines is 1. The van der Waals surface area contributed by atoms with Gasteiger partial charge < -0.3 is 0 Å². The van der Waals surface area contributed by atoms with Crippen LogP contribution in [0.25, 0.3) is 10.8 Å². The van der Waals surface area contributed by atoms with Crippen molar-refractivity contribution < 1.29 is 13.2 Å². The molecule has 3 N–H and O–H groups in total. The Morgan fingerprint density at radius 3 is 2.31 bits per heavy atom. The monoisotopic (exact) mass is 389 g/mol. The van der Waals surface area contributed by atoms with E-state index in [1.54, 1.807) is 18.2 Å². The van der Waals surface area contributed by atoms with E-state index in [9.17, 15) is 13.2 Å². The first kappa shape index (κ1) is 18.2. The second-order valence-corrected chi connectivity index (χ2v) is 7.86. The number of nitrogens with zero attached hydrogens (tertiary/aromatic N) is 1. The predicted octanol–water partition coefficient (Wildman–Crippen LogP) is 2.68. The molecule has 3 aromatic carbocycles. The van der Waals surface area contributed by atoms with E-state index in [1.165, 1.54) is 24.3 Å². The topological polar surface area (TPSA) is 92.5 Å². The summed E-state index contributed by atoms with van der Waals surface area (Å²) in [6, 6.07) is 18.5. The molecular formula is C18H16ClN3O3S. The summed E-state index contributed by atoms with van der Waals surface area (Å²) in [5.74, 6) is 4.52. The lowest BCUT2D eigenvalue weighted by molar-refractivity contribution is -0.119. The summed E-state index contributed by atoms with van der Waals surface area (Å²) < 4.78 is 27.2. The molecule has 0 aromatic heterocycles. The van der Waals surface area contributed by atoms with E-state index in [2.05, 4.69) is 0 Å². The molecule has 0 heterocycles. The van der Waals surface area contributed by atoms with Gasteiger partial charge in [0, 0.05) is 5.02 Å². The number of fused-ring (bicyclic) bond motifs is 1. The number of rotatable bonds is 5. The molecule has 0 saturated heterocycles. The molecule has 0 aliphatic heterocycles. The summed E-state index contributed by atoms with van der Waals surface area (Å²) in [6.07, 6.45) is 0. The molecular weight excluding hydrogens is 374 g/mol. The van der Waals surface area contributed by atoms with E-state index in [-0.39, 0.29) is 4.90 Å². The molecule has 0 fully saturated rings. The molecule has 0 aliphatic carbocycles. The molecule has 1 amide bonds. The van der Waals surface area contributed by atoms with Gasteiger partial charge in [-0.2, -0.15) is 0 Å². The van der Waals surface area contributed by atoms with Crippen molar-refractivity contribution in [3.05, 3.63) is 71.8 Å². The van der Waals surface area contributed by atoms with E-state index in [0.29, 0.717) is 10.7 Å². The Labute approximate surface area is 156 Å². The largest absolute Gasteiger partial charge is 0.293 e. The van der Waals surface area contributed by atoms with Gasteiger partial charge in [-0.1, -0.05) is 41.9 Å².